The summed E-state index contributed by atoms with van der Waals surface area (Å²) in [7, 11) is 0. The highest BCUT2D eigenvalue weighted by atomic mass is 35.5. The van der Waals surface area contributed by atoms with Gasteiger partial charge in [0, 0.05) is 12.1 Å². The van der Waals surface area contributed by atoms with Gasteiger partial charge in [-0.05, 0) is 30.9 Å². The SMILES string of the molecule is CCCOc1cc(Cl)c(Cl)cc1CC(N)CC. The Kier molecular flexibility index (Phi) is 6.10. The van der Waals surface area contributed by atoms with E-state index < -0.39 is 0 Å². The van der Waals surface area contributed by atoms with Gasteiger partial charge in [0.05, 0.1) is 16.7 Å². The third-order valence-electron chi connectivity index (χ3n) is 2.57. The van der Waals surface area contributed by atoms with Gasteiger partial charge in [-0.3, -0.25) is 0 Å². The molecule has 2 nitrogen and oxygen atoms in total. The highest BCUT2D eigenvalue weighted by molar-refractivity contribution is 6.42. The molecule has 1 atom stereocenters. The van der Waals surface area contributed by atoms with Gasteiger partial charge in [0.1, 0.15) is 5.75 Å². The first-order valence-electron chi connectivity index (χ1n) is 5.94. The first-order chi connectivity index (χ1) is 8.08. The lowest BCUT2D eigenvalue weighted by molar-refractivity contribution is 0.313. The van der Waals surface area contributed by atoms with Gasteiger partial charge in [-0.1, -0.05) is 37.0 Å². The van der Waals surface area contributed by atoms with Crippen LogP contribution in [-0.2, 0) is 6.42 Å². The van der Waals surface area contributed by atoms with Crippen LogP contribution >= 0.6 is 23.2 Å². The Hall–Kier alpha value is -0.440. The van der Waals surface area contributed by atoms with Crippen molar-refractivity contribution < 1.29 is 4.74 Å². The Balaban J connectivity index is 2.94. The summed E-state index contributed by atoms with van der Waals surface area (Å²) >= 11 is 12.0. The molecular weight excluding hydrogens is 257 g/mol. The fourth-order valence-electron chi connectivity index (χ4n) is 1.50. The Morgan fingerprint density at radius 3 is 2.47 bits per heavy atom. The third-order valence-corrected chi connectivity index (χ3v) is 3.29. The molecule has 4 heteroatoms. The summed E-state index contributed by atoms with van der Waals surface area (Å²) in [5.41, 5.74) is 6.99. The molecule has 0 saturated heterocycles. The lowest BCUT2D eigenvalue weighted by Crippen LogP contribution is -2.21. The minimum Gasteiger partial charge on any atom is -0.493 e. The zero-order chi connectivity index (χ0) is 12.8. The topological polar surface area (TPSA) is 35.2 Å². The van der Waals surface area contributed by atoms with Crippen molar-refractivity contribution >= 4 is 23.2 Å². The van der Waals surface area contributed by atoms with Crippen LogP contribution in [0.1, 0.15) is 32.3 Å². The van der Waals surface area contributed by atoms with Crippen LogP contribution in [0.3, 0.4) is 0 Å². The van der Waals surface area contributed by atoms with E-state index in [2.05, 4.69) is 13.8 Å². The molecule has 0 amide bonds. The molecule has 1 rings (SSSR count). The van der Waals surface area contributed by atoms with Gasteiger partial charge in [0.15, 0.2) is 0 Å². The molecule has 2 N–H and O–H groups in total. The average Bonchev–Trinajstić information content (AvgIpc) is 2.31. The van der Waals surface area contributed by atoms with Crippen molar-refractivity contribution in [3.63, 3.8) is 0 Å². The lowest BCUT2D eigenvalue weighted by atomic mass is 10.0. The minimum atomic E-state index is 0.121. The van der Waals surface area contributed by atoms with Crippen LogP contribution in [0, 0.1) is 0 Å². The molecule has 0 spiro atoms. The molecule has 0 aromatic heterocycles. The molecule has 0 fully saturated rings. The summed E-state index contributed by atoms with van der Waals surface area (Å²) in [4.78, 5) is 0. The number of hydrogen-bond acceptors (Lipinski definition) is 2. The Labute approximate surface area is 113 Å². The van der Waals surface area contributed by atoms with Gasteiger partial charge in [-0.15, -0.1) is 0 Å². The van der Waals surface area contributed by atoms with Crippen molar-refractivity contribution in [3.05, 3.63) is 27.7 Å². The molecule has 0 heterocycles. The summed E-state index contributed by atoms with van der Waals surface area (Å²) in [6.45, 7) is 4.80. The van der Waals surface area contributed by atoms with E-state index in [1.165, 1.54) is 0 Å². The van der Waals surface area contributed by atoms with Crippen LogP contribution < -0.4 is 10.5 Å². The molecule has 1 unspecified atom stereocenters. The summed E-state index contributed by atoms with van der Waals surface area (Å²) in [5.74, 6) is 0.796. The monoisotopic (exact) mass is 275 g/mol. The fraction of sp³-hybridized carbons (Fsp3) is 0.538. The van der Waals surface area contributed by atoms with E-state index in [4.69, 9.17) is 33.7 Å². The first kappa shape index (κ1) is 14.6. The van der Waals surface area contributed by atoms with Crippen LogP contribution in [0.15, 0.2) is 12.1 Å². The highest BCUT2D eigenvalue weighted by Crippen LogP contribution is 2.31. The van der Waals surface area contributed by atoms with E-state index in [0.717, 1.165) is 30.6 Å². The normalized spacial score (nSPS) is 12.5. The summed E-state index contributed by atoms with van der Waals surface area (Å²) in [5, 5.41) is 1.07. The maximum atomic E-state index is 6.02. The number of rotatable bonds is 6. The van der Waals surface area contributed by atoms with E-state index in [1.54, 1.807) is 6.07 Å². The summed E-state index contributed by atoms with van der Waals surface area (Å²) < 4.78 is 5.67. The quantitative estimate of drug-likeness (QED) is 0.850. The largest absolute Gasteiger partial charge is 0.493 e. The molecule has 0 aliphatic carbocycles. The van der Waals surface area contributed by atoms with E-state index in [9.17, 15) is 0 Å². The number of nitrogens with two attached hydrogens (primary N) is 1. The average molecular weight is 276 g/mol. The van der Waals surface area contributed by atoms with Gasteiger partial charge in [0.2, 0.25) is 0 Å². The van der Waals surface area contributed by atoms with Gasteiger partial charge < -0.3 is 10.5 Å². The maximum Gasteiger partial charge on any atom is 0.124 e. The van der Waals surface area contributed by atoms with Crippen molar-refractivity contribution in [1.82, 2.24) is 0 Å². The van der Waals surface area contributed by atoms with Gasteiger partial charge >= 0.3 is 0 Å². The minimum absolute atomic E-state index is 0.121. The third kappa shape index (κ3) is 4.38. The van der Waals surface area contributed by atoms with E-state index >= 15 is 0 Å². The smallest absolute Gasteiger partial charge is 0.124 e. The zero-order valence-electron chi connectivity index (χ0n) is 10.3. The van der Waals surface area contributed by atoms with Gasteiger partial charge in [-0.2, -0.15) is 0 Å². The second kappa shape index (κ2) is 7.10. The van der Waals surface area contributed by atoms with Gasteiger partial charge in [-0.25, -0.2) is 0 Å². The standard InChI is InChI=1S/C13H19Cl2NO/c1-3-5-17-13-8-12(15)11(14)7-9(13)6-10(16)4-2/h7-8,10H,3-6,16H2,1-2H3. The molecule has 0 aliphatic rings. The molecule has 0 radical (unpaired) electrons. The van der Waals surface area contributed by atoms with Crippen molar-refractivity contribution in [2.24, 2.45) is 5.73 Å². The summed E-state index contributed by atoms with van der Waals surface area (Å²) in [6, 6.07) is 3.75. The van der Waals surface area contributed by atoms with Crippen molar-refractivity contribution in [2.45, 2.75) is 39.2 Å². The second-order valence-corrected chi connectivity index (χ2v) is 4.91. The summed E-state index contributed by atoms with van der Waals surface area (Å²) in [6.07, 6.45) is 2.64. The van der Waals surface area contributed by atoms with Crippen LogP contribution in [0.25, 0.3) is 0 Å². The van der Waals surface area contributed by atoms with Gasteiger partial charge in [0.25, 0.3) is 0 Å². The number of benzene rings is 1. The molecule has 0 aliphatic heterocycles. The lowest BCUT2D eigenvalue weighted by Gasteiger charge is -2.15. The molecule has 96 valence electrons. The first-order valence-corrected chi connectivity index (χ1v) is 6.70. The van der Waals surface area contributed by atoms with E-state index in [-0.39, 0.29) is 6.04 Å². The Morgan fingerprint density at radius 2 is 1.88 bits per heavy atom. The fourth-order valence-corrected chi connectivity index (χ4v) is 1.84. The molecule has 17 heavy (non-hydrogen) atoms. The molecule has 1 aromatic carbocycles. The predicted molar refractivity (Wildman–Crippen MR) is 74.2 cm³/mol. The zero-order valence-corrected chi connectivity index (χ0v) is 11.8. The maximum absolute atomic E-state index is 6.02. The Morgan fingerprint density at radius 1 is 1.24 bits per heavy atom. The van der Waals surface area contributed by atoms with Crippen LogP contribution in [-0.4, -0.2) is 12.6 Å². The van der Waals surface area contributed by atoms with E-state index in [0.29, 0.717) is 16.7 Å². The van der Waals surface area contributed by atoms with Crippen molar-refractivity contribution in [1.29, 1.82) is 0 Å². The molecular formula is C13H19Cl2NO. The number of ether oxygens (including phenoxy) is 1. The van der Waals surface area contributed by atoms with Crippen molar-refractivity contribution in [2.75, 3.05) is 6.61 Å². The highest BCUT2D eigenvalue weighted by Gasteiger charge is 2.11. The Bertz CT molecular complexity index is 369. The van der Waals surface area contributed by atoms with Crippen LogP contribution in [0.2, 0.25) is 10.0 Å². The molecule has 1 aromatic rings. The predicted octanol–water partition coefficient (Wildman–Crippen LogP) is 4.06. The van der Waals surface area contributed by atoms with Crippen LogP contribution in [0.5, 0.6) is 5.75 Å². The molecule has 0 bridgehead atoms. The van der Waals surface area contributed by atoms with Crippen molar-refractivity contribution in [3.8, 4) is 5.75 Å². The molecule has 0 saturated carbocycles. The van der Waals surface area contributed by atoms with E-state index in [1.807, 2.05) is 6.07 Å². The second-order valence-electron chi connectivity index (χ2n) is 4.09. The number of halogens is 2. The van der Waals surface area contributed by atoms with Crippen LogP contribution in [0.4, 0.5) is 0 Å². The number of hydrogen-bond donors (Lipinski definition) is 1.